The van der Waals surface area contributed by atoms with Gasteiger partial charge in [-0.2, -0.15) is 0 Å². The number of Topliss-reactive ketones (excluding diaryl/α,β-unsaturated/α-hetero) is 1. The third-order valence-electron chi connectivity index (χ3n) is 6.79. The molecule has 0 saturated heterocycles. The van der Waals surface area contributed by atoms with Crippen LogP contribution in [0.1, 0.15) is 58.6 Å². The Morgan fingerprint density at radius 1 is 1.14 bits per heavy atom. The molecule has 3 atom stereocenters. The third kappa shape index (κ3) is 1.74. The summed E-state index contributed by atoms with van der Waals surface area (Å²) in [5.74, 6) is 0.301. The Labute approximate surface area is 132 Å². The quantitative estimate of drug-likeness (QED) is 0.926. The lowest BCUT2D eigenvalue weighted by Crippen LogP contribution is -2.47. The number of hydrogen-bond acceptors (Lipinski definition) is 2. The molecule has 0 aromatic heterocycles. The molecule has 1 N–H and O–H groups in total. The molecule has 0 heterocycles. The highest BCUT2D eigenvalue weighted by Crippen LogP contribution is 2.70. The lowest BCUT2D eigenvalue weighted by molar-refractivity contribution is -0.137. The van der Waals surface area contributed by atoms with E-state index in [1.807, 2.05) is 44.2 Å². The number of carbonyl (C=O) groups is 2. The molecule has 3 heteroatoms. The molecule has 22 heavy (non-hydrogen) atoms. The number of benzene rings is 1. The Kier molecular flexibility index (Phi) is 3.24. The van der Waals surface area contributed by atoms with E-state index >= 15 is 0 Å². The molecular formula is C19H25NO2. The molecule has 1 aromatic carbocycles. The summed E-state index contributed by atoms with van der Waals surface area (Å²) in [5.41, 5.74) is -0.0742. The topological polar surface area (TPSA) is 46.2 Å². The van der Waals surface area contributed by atoms with Gasteiger partial charge in [0, 0.05) is 11.8 Å². The summed E-state index contributed by atoms with van der Waals surface area (Å²) >= 11 is 0. The van der Waals surface area contributed by atoms with Crippen molar-refractivity contribution in [3.63, 3.8) is 0 Å². The van der Waals surface area contributed by atoms with Crippen molar-refractivity contribution >= 4 is 11.7 Å². The zero-order valence-corrected chi connectivity index (χ0v) is 13.9. The fourth-order valence-corrected chi connectivity index (χ4v) is 4.52. The first-order valence-corrected chi connectivity index (χ1v) is 8.14. The second-order valence-corrected chi connectivity index (χ2v) is 7.74. The molecule has 0 unspecified atom stereocenters. The van der Waals surface area contributed by atoms with E-state index in [1.165, 1.54) is 0 Å². The number of rotatable bonds is 3. The summed E-state index contributed by atoms with van der Waals surface area (Å²) in [6.45, 7) is 8.23. The van der Waals surface area contributed by atoms with Crippen molar-refractivity contribution in [1.82, 2.24) is 5.32 Å². The summed E-state index contributed by atoms with van der Waals surface area (Å²) in [6.07, 6.45) is 2.03. The van der Waals surface area contributed by atoms with Gasteiger partial charge in [-0.3, -0.25) is 9.59 Å². The fraction of sp³-hybridized carbons (Fsp3) is 0.579. The van der Waals surface area contributed by atoms with Gasteiger partial charge in [-0.15, -0.1) is 0 Å². The largest absolute Gasteiger partial charge is 0.349 e. The molecule has 3 rings (SSSR count). The van der Waals surface area contributed by atoms with Crippen molar-refractivity contribution in [2.24, 2.45) is 16.2 Å². The molecule has 2 bridgehead atoms. The van der Waals surface area contributed by atoms with Gasteiger partial charge in [0.15, 0.2) is 0 Å². The Balaban J connectivity index is 1.85. The number of nitrogens with one attached hydrogen (secondary N) is 1. The van der Waals surface area contributed by atoms with Gasteiger partial charge in [0.2, 0.25) is 5.91 Å². The first-order valence-electron chi connectivity index (χ1n) is 8.14. The van der Waals surface area contributed by atoms with E-state index in [1.54, 1.807) is 0 Å². The zero-order valence-electron chi connectivity index (χ0n) is 13.9. The molecular weight excluding hydrogens is 274 g/mol. The summed E-state index contributed by atoms with van der Waals surface area (Å²) in [4.78, 5) is 25.5. The average Bonchev–Trinajstić information content (AvgIpc) is 2.78. The van der Waals surface area contributed by atoms with Crippen LogP contribution >= 0.6 is 0 Å². The molecule has 0 aliphatic heterocycles. The maximum absolute atomic E-state index is 13.0. The summed E-state index contributed by atoms with van der Waals surface area (Å²) in [5, 5.41) is 3.16. The van der Waals surface area contributed by atoms with Crippen LogP contribution in [0.5, 0.6) is 0 Å². The highest BCUT2D eigenvalue weighted by molar-refractivity contribution is 5.99. The van der Waals surface area contributed by atoms with Crippen molar-refractivity contribution in [3.8, 4) is 0 Å². The van der Waals surface area contributed by atoms with Crippen molar-refractivity contribution in [1.29, 1.82) is 0 Å². The zero-order chi connectivity index (χ0) is 16.2. The monoisotopic (exact) mass is 299 g/mol. The second-order valence-electron chi connectivity index (χ2n) is 7.74. The second kappa shape index (κ2) is 4.68. The third-order valence-corrected chi connectivity index (χ3v) is 6.79. The van der Waals surface area contributed by atoms with Crippen molar-refractivity contribution in [2.75, 3.05) is 0 Å². The standard InChI is InChI=1S/C19H25NO2/c1-13(14-8-6-5-7-9-14)20-16(22)19-11-10-18(4,15(21)12-19)17(19,2)3/h5-9,13H,10-12H2,1-4H3,(H,20,22)/t13-,18+,19+/m0/s1. The van der Waals surface area contributed by atoms with E-state index < -0.39 is 5.41 Å². The lowest BCUT2D eigenvalue weighted by atomic mass is 9.64. The SMILES string of the molecule is C[C@H](NC(=O)[C@@]12CC[C@](C)(C(=O)C1)C2(C)C)c1ccccc1. The Morgan fingerprint density at radius 2 is 1.77 bits per heavy atom. The smallest absolute Gasteiger partial charge is 0.227 e. The highest BCUT2D eigenvalue weighted by Gasteiger charge is 2.72. The van der Waals surface area contributed by atoms with Gasteiger partial charge >= 0.3 is 0 Å². The van der Waals surface area contributed by atoms with E-state index in [9.17, 15) is 9.59 Å². The van der Waals surface area contributed by atoms with Gasteiger partial charge in [0.25, 0.3) is 0 Å². The van der Waals surface area contributed by atoms with Gasteiger partial charge in [-0.25, -0.2) is 0 Å². The van der Waals surface area contributed by atoms with Crippen LogP contribution in [0.25, 0.3) is 0 Å². The van der Waals surface area contributed by atoms with Gasteiger partial charge in [-0.05, 0) is 30.7 Å². The number of carbonyl (C=O) groups excluding carboxylic acids is 2. The van der Waals surface area contributed by atoms with Crippen LogP contribution in [-0.2, 0) is 9.59 Å². The van der Waals surface area contributed by atoms with Gasteiger partial charge in [-0.1, -0.05) is 51.1 Å². The normalized spacial score (nSPS) is 33.7. The molecule has 2 aliphatic carbocycles. The Bertz CT molecular complexity index is 622. The van der Waals surface area contributed by atoms with Crippen LogP contribution in [0.15, 0.2) is 30.3 Å². The van der Waals surface area contributed by atoms with E-state index in [0.717, 1.165) is 18.4 Å². The number of amides is 1. The van der Waals surface area contributed by atoms with Crippen molar-refractivity contribution < 1.29 is 9.59 Å². The van der Waals surface area contributed by atoms with Crippen molar-refractivity contribution in [3.05, 3.63) is 35.9 Å². The minimum absolute atomic E-state index is 0.0403. The molecule has 0 spiro atoms. The van der Waals surface area contributed by atoms with Crippen LogP contribution in [0.3, 0.4) is 0 Å². The molecule has 1 aromatic rings. The first-order chi connectivity index (χ1) is 10.2. The van der Waals surface area contributed by atoms with Gasteiger partial charge < -0.3 is 5.32 Å². The minimum Gasteiger partial charge on any atom is -0.349 e. The maximum atomic E-state index is 13.0. The number of fused-ring (bicyclic) bond motifs is 2. The highest BCUT2D eigenvalue weighted by atomic mass is 16.2. The lowest BCUT2D eigenvalue weighted by Gasteiger charge is -2.39. The van der Waals surface area contributed by atoms with Gasteiger partial charge in [0.1, 0.15) is 5.78 Å². The average molecular weight is 299 g/mol. The summed E-state index contributed by atoms with van der Waals surface area (Å²) in [6, 6.07) is 9.93. The first kappa shape index (κ1) is 15.3. The molecule has 2 saturated carbocycles. The predicted molar refractivity (Wildman–Crippen MR) is 86.2 cm³/mol. The molecule has 2 fully saturated rings. The fourth-order valence-electron chi connectivity index (χ4n) is 4.52. The molecule has 3 nitrogen and oxygen atoms in total. The van der Waals surface area contributed by atoms with E-state index in [2.05, 4.69) is 19.2 Å². The van der Waals surface area contributed by atoms with E-state index in [0.29, 0.717) is 6.42 Å². The molecule has 0 radical (unpaired) electrons. The van der Waals surface area contributed by atoms with Crippen LogP contribution in [0.4, 0.5) is 0 Å². The maximum Gasteiger partial charge on any atom is 0.227 e. The van der Waals surface area contributed by atoms with Crippen LogP contribution in [-0.4, -0.2) is 11.7 Å². The Hall–Kier alpha value is -1.64. The summed E-state index contributed by atoms with van der Waals surface area (Å²) < 4.78 is 0. The molecule has 118 valence electrons. The summed E-state index contributed by atoms with van der Waals surface area (Å²) in [7, 11) is 0. The van der Waals surface area contributed by atoms with Crippen molar-refractivity contribution in [2.45, 2.75) is 53.0 Å². The minimum atomic E-state index is -0.540. The van der Waals surface area contributed by atoms with Crippen LogP contribution in [0.2, 0.25) is 0 Å². The van der Waals surface area contributed by atoms with E-state index in [4.69, 9.17) is 0 Å². The van der Waals surface area contributed by atoms with Gasteiger partial charge in [0.05, 0.1) is 11.5 Å². The van der Waals surface area contributed by atoms with E-state index in [-0.39, 0.29) is 28.6 Å². The number of ketones is 1. The van der Waals surface area contributed by atoms with Crippen LogP contribution < -0.4 is 5.32 Å². The number of hydrogen-bond donors (Lipinski definition) is 1. The predicted octanol–water partition coefficient (Wildman–Crippen LogP) is 3.65. The molecule has 1 amide bonds. The van der Waals surface area contributed by atoms with Crippen LogP contribution in [0, 0.1) is 16.2 Å². The Morgan fingerprint density at radius 3 is 2.27 bits per heavy atom. The molecule has 2 aliphatic rings.